The van der Waals surface area contributed by atoms with Gasteiger partial charge in [0.1, 0.15) is 10.9 Å². The van der Waals surface area contributed by atoms with E-state index in [0.29, 0.717) is 13.1 Å². The van der Waals surface area contributed by atoms with Gasteiger partial charge in [-0.25, -0.2) is 8.42 Å². The Labute approximate surface area is 146 Å². The molecule has 0 spiro atoms. The molecule has 3 rings (SSSR count). The summed E-state index contributed by atoms with van der Waals surface area (Å²) >= 11 is 0. The van der Waals surface area contributed by atoms with Crippen LogP contribution in [0.4, 0.5) is 0 Å². The smallest absolute Gasteiger partial charge is 0.247 e. The summed E-state index contributed by atoms with van der Waals surface area (Å²) in [5.74, 6) is -0.0541. The van der Waals surface area contributed by atoms with Crippen LogP contribution >= 0.6 is 0 Å². The minimum Gasteiger partial charge on any atom is -0.338 e. The molecule has 9 nitrogen and oxygen atoms in total. The fraction of sp³-hybridized carbons (Fsp3) is 0.533. The third kappa shape index (κ3) is 3.45. The molecule has 0 N–H and O–H groups in total. The van der Waals surface area contributed by atoms with Crippen molar-refractivity contribution in [2.45, 2.75) is 24.8 Å². The second-order valence-electron chi connectivity index (χ2n) is 6.25. The van der Waals surface area contributed by atoms with Gasteiger partial charge in [0.15, 0.2) is 0 Å². The van der Waals surface area contributed by atoms with Crippen LogP contribution in [0.2, 0.25) is 0 Å². The maximum absolute atomic E-state index is 12.6. The van der Waals surface area contributed by atoms with E-state index in [4.69, 9.17) is 0 Å². The minimum atomic E-state index is -3.56. The van der Waals surface area contributed by atoms with Crippen LogP contribution in [-0.4, -0.2) is 69.3 Å². The second kappa shape index (κ2) is 6.60. The Bertz CT molecular complexity index is 863. The molecule has 1 aliphatic rings. The van der Waals surface area contributed by atoms with Crippen molar-refractivity contribution in [3.8, 4) is 0 Å². The van der Waals surface area contributed by atoms with Crippen LogP contribution in [0.3, 0.4) is 0 Å². The molecule has 1 amide bonds. The summed E-state index contributed by atoms with van der Waals surface area (Å²) in [6.07, 6.45) is 6.36. The van der Waals surface area contributed by atoms with Gasteiger partial charge in [-0.2, -0.15) is 14.5 Å². The SMILES string of the molecule is Cc1cnn(C(C)C(=O)N2CCN(S(=O)(=O)c3cnn(C)c3)CC2)c1. The van der Waals surface area contributed by atoms with Crippen molar-refractivity contribution >= 4 is 15.9 Å². The highest BCUT2D eigenvalue weighted by atomic mass is 32.2. The van der Waals surface area contributed by atoms with Crippen molar-refractivity contribution in [1.82, 2.24) is 28.8 Å². The van der Waals surface area contributed by atoms with Gasteiger partial charge in [0, 0.05) is 45.6 Å². The first-order valence-corrected chi connectivity index (χ1v) is 9.51. The van der Waals surface area contributed by atoms with Crippen molar-refractivity contribution < 1.29 is 13.2 Å². The second-order valence-corrected chi connectivity index (χ2v) is 8.19. The molecule has 2 aromatic rings. The molecule has 0 bridgehead atoms. The van der Waals surface area contributed by atoms with Crippen LogP contribution < -0.4 is 0 Å². The topological polar surface area (TPSA) is 93.3 Å². The largest absolute Gasteiger partial charge is 0.338 e. The summed E-state index contributed by atoms with van der Waals surface area (Å²) in [7, 11) is -1.89. The summed E-state index contributed by atoms with van der Waals surface area (Å²) in [6.45, 7) is 4.99. The normalized spacial score (nSPS) is 17.6. The molecule has 25 heavy (non-hydrogen) atoms. The Hall–Kier alpha value is -2.20. The van der Waals surface area contributed by atoms with Crippen LogP contribution in [0.15, 0.2) is 29.7 Å². The van der Waals surface area contributed by atoms with Gasteiger partial charge in [-0.15, -0.1) is 0 Å². The third-order valence-electron chi connectivity index (χ3n) is 4.35. The zero-order valence-corrected chi connectivity index (χ0v) is 15.3. The van der Waals surface area contributed by atoms with E-state index in [2.05, 4.69) is 10.2 Å². The molecule has 10 heteroatoms. The molecule has 0 radical (unpaired) electrons. The lowest BCUT2D eigenvalue weighted by Crippen LogP contribution is -2.51. The third-order valence-corrected chi connectivity index (χ3v) is 6.21. The summed E-state index contributed by atoms with van der Waals surface area (Å²) in [5.41, 5.74) is 0.993. The average Bonchev–Trinajstić information content (AvgIpc) is 3.22. The quantitative estimate of drug-likeness (QED) is 0.760. The summed E-state index contributed by atoms with van der Waals surface area (Å²) in [5, 5.41) is 8.10. The molecule has 0 saturated carbocycles. The molecule has 1 atom stereocenters. The maximum Gasteiger partial charge on any atom is 0.247 e. The standard InChI is InChI=1S/C15H22N6O3S/c1-12-8-17-21(10-12)13(2)15(22)19-4-6-20(7-5-19)25(23,24)14-9-16-18(3)11-14/h8-11,13H,4-7H2,1-3H3. The molecule has 136 valence electrons. The van der Waals surface area contributed by atoms with E-state index < -0.39 is 16.1 Å². The first-order chi connectivity index (χ1) is 11.8. The monoisotopic (exact) mass is 366 g/mol. The van der Waals surface area contributed by atoms with Gasteiger partial charge in [0.05, 0.1) is 12.4 Å². The van der Waals surface area contributed by atoms with Crippen molar-refractivity contribution in [2.75, 3.05) is 26.2 Å². The average molecular weight is 366 g/mol. The van der Waals surface area contributed by atoms with Crippen molar-refractivity contribution in [2.24, 2.45) is 7.05 Å². The number of aryl methyl sites for hydroxylation is 2. The number of rotatable bonds is 4. The molecule has 1 fully saturated rings. The van der Waals surface area contributed by atoms with E-state index in [9.17, 15) is 13.2 Å². The number of carbonyl (C=O) groups excluding carboxylic acids is 1. The van der Waals surface area contributed by atoms with E-state index in [1.54, 1.807) is 29.7 Å². The fourth-order valence-corrected chi connectivity index (χ4v) is 4.26. The van der Waals surface area contributed by atoms with E-state index in [1.165, 1.54) is 21.4 Å². The van der Waals surface area contributed by atoms with E-state index in [-0.39, 0.29) is 23.9 Å². The molecular formula is C15H22N6O3S. The van der Waals surface area contributed by atoms with Gasteiger partial charge >= 0.3 is 0 Å². The predicted molar refractivity (Wildman–Crippen MR) is 90.2 cm³/mol. The molecule has 1 unspecified atom stereocenters. The molecule has 0 aliphatic carbocycles. The number of amides is 1. The van der Waals surface area contributed by atoms with Gasteiger partial charge in [0.25, 0.3) is 0 Å². The highest BCUT2D eigenvalue weighted by Gasteiger charge is 2.32. The number of sulfonamides is 1. The number of aromatic nitrogens is 4. The number of hydrogen-bond acceptors (Lipinski definition) is 5. The van der Waals surface area contributed by atoms with Gasteiger partial charge < -0.3 is 4.90 Å². The zero-order valence-electron chi connectivity index (χ0n) is 14.5. The minimum absolute atomic E-state index is 0.0541. The molecular weight excluding hydrogens is 344 g/mol. The van der Waals surface area contributed by atoms with Gasteiger partial charge in [-0.1, -0.05) is 0 Å². The van der Waals surface area contributed by atoms with Gasteiger partial charge in [-0.3, -0.25) is 14.2 Å². The maximum atomic E-state index is 12.6. The summed E-state index contributed by atoms with van der Waals surface area (Å²) in [4.78, 5) is 14.5. The van der Waals surface area contributed by atoms with Gasteiger partial charge in [-0.05, 0) is 19.4 Å². The first kappa shape index (κ1) is 17.6. The number of carbonyl (C=O) groups is 1. The Balaban J connectivity index is 1.64. The predicted octanol–water partition coefficient (Wildman–Crippen LogP) is 0.0191. The summed E-state index contributed by atoms with van der Waals surface area (Å²) < 4.78 is 29.7. The zero-order chi connectivity index (χ0) is 18.2. The number of piperazine rings is 1. The Kier molecular flexibility index (Phi) is 4.65. The Morgan fingerprint density at radius 2 is 1.80 bits per heavy atom. The molecule has 1 aliphatic heterocycles. The Morgan fingerprint density at radius 1 is 1.12 bits per heavy atom. The molecule has 0 aromatic carbocycles. The summed E-state index contributed by atoms with van der Waals surface area (Å²) in [6, 6.07) is -0.407. The van der Waals surface area contributed by atoms with E-state index in [1.807, 2.05) is 13.1 Å². The van der Waals surface area contributed by atoms with Crippen molar-refractivity contribution in [3.63, 3.8) is 0 Å². The van der Waals surface area contributed by atoms with Crippen molar-refractivity contribution in [3.05, 3.63) is 30.4 Å². The van der Waals surface area contributed by atoms with Crippen LogP contribution in [0.1, 0.15) is 18.5 Å². The molecule has 3 heterocycles. The highest BCUT2D eigenvalue weighted by molar-refractivity contribution is 7.89. The molecule has 2 aromatic heterocycles. The van der Waals surface area contributed by atoms with E-state index in [0.717, 1.165) is 5.56 Å². The van der Waals surface area contributed by atoms with Crippen LogP contribution in [0.5, 0.6) is 0 Å². The Morgan fingerprint density at radius 3 is 2.32 bits per heavy atom. The van der Waals surface area contributed by atoms with E-state index >= 15 is 0 Å². The fourth-order valence-electron chi connectivity index (χ4n) is 2.85. The number of hydrogen-bond donors (Lipinski definition) is 0. The van der Waals surface area contributed by atoms with Gasteiger partial charge in [0.2, 0.25) is 15.9 Å². The highest BCUT2D eigenvalue weighted by Crippen LogP contribution is 2.18. The number of nitrogens with zero attached hydrogens (tertiary/aromatic N) is 6. The first-order valence-electron chi connectivity index (χ1n) is 8.07. The van der Waals surface area contributed by atoms with Crippen LogP contribution in [0, 0.1) is 6.92 Å². The van der Waals surface area contributed by atoms with Crippen molar-refractivity contribution in [1.29, 1.82) is 0 Å². The lowest BCUT2D eigenvalue weighted by atomic mass is 10.2. The lowest BCUT2D eigenvalue weighted by Gasteiger charge is -2.35. The lowest BCUT2D eigenvalue weighted by molar-refractivity contribution is -0.135. The van der Waals surface area contributed by atoms with Crippen LogP contribution in [-0.2, 0) is 21.9 Å². The molecule has 1 saturated heterocycles. The van der Waals surface area contributed by atoms with Crippen LogP contribution in [0.25, 0.3) is 0 Å².